The molecule has 5 nitrogen and oxygen atoms in total. The van der Waals surface area contributed by atoms with Gasteiger partial charge in [0.1, 0.15) is 11.5 Å². The summed E-state index contributed by atoms with van der Waals surface area (Å²) in [5.74, 6) is -0.737. The minimum atomic E-state index is -0.433. The van der Waals surface area contributed by atoms with Gasteiger partial charge in [-0.3, -0.25) is 0 Å². The Morgan fingerprint density at radius 1 is 1.25 bits per heavy atom. The minimum Gasteiger partial charge on any atom is -0.464 e. The first-order chi connectivity index (χ1) is 9.54. The number of esters is 1. The number of benzene rings is 1. The Morgan fingerprint density at radius 2 is 1.80 bits per heavy atom. The van der Waals surface area contributed by atoms with Crippen molar-refractivity contribution >= 4 is 12.1 Å². The summed E-state index contributed by atoms with van der Waals surface area (Å²) < 4.78 is 17.5. The van der Waals surface area contributed by atoms with E-state index in [1.54, 1.807) is 18.3 Å². The van der Waals surface area contributed by atoms with E-state index in [-0.39, 0.29) is 12.0 Å². The van der Waals surface area contributed by atoms with Crippen molar-refractivity contribution in [2.45, 2.75) is 6.92 Å². The largest absolute Gasteiger partial charge is 0.464 e. The molecule has 0 bridgehead atoms. The van der Waals surface area contributed by atoms with Crippen LogP contribution in [0.2, 0.25) is 0 Å². The molecule has 0 saturated heterocycles. The van der Waals surface area contributed by atoms with Gasteiger partial charge in [0, 0.05) is 11.8 Å². The topological polar surface area (TPSA) is 76.2 Å². The highest BCUT2D eigenvalue weighted by Gasteiger charge is 2.17. The lowest BCUT2D eigenvalue weighted by molar-refractivity contribution is -0.191. The number of carbonyl (C=O) groups is 1. The first kappa shape index (κ1) is 15.3. The Labute approximate surface area is 114 Å². The third-order valence-electron chi connectivity index (χ3n) is 2.60. The van der Waals surface area contributed by atoms with E-state index in [2.05, 4.69) is 4.98 Å². The highest BCUT2D eigenvalue weighted by Crippen LogP contribution is 2.27. The molecule has 0 radical (unpaired) electrons. The molecule has 2 rings (SSSR count). The maximum absolute atomic E-state index is 12.9. The Bertz CT molecular complexity index is 625. The molecule has 1 aromatic heterocycles. The monoisotopic (exact) mass is 277 g/mol. The van der Waals surface area contributed by atoms with Crippen molar-refractivity contribution in [1.82, 2.24) is 4.98 Å². The normalized spacial score (nSPS) is 9.15. The lowest BCUT2D eigenvalue weighted by atomic mass is 10.0. The average molecular weight is 277 g/mol. The third-order valence-corrected chi connectivity index (χ3v) is 2.60. The van der Waals surface area contributed by atoms with Gasteiger partial charge in [0.25, 0.3) is 0 Å². The van der Waals surface area contributed by atoms with Crippen LogP contribution >= 0.6 is 0 Å². The first-order valence-corrected chi connectivity index (χ1v) is 5.56. The number of nitrogens with one attached hydrogen (secondary N) is 1. The number of aromatic nitrogens is 1. The van der Waals surface area contributed by atoms with Gasteiger partial charge >= 0.3 is 12.1 Å². The Hall–Kier alpha value is -2.72. The molecule has 104 valence electrons. The Balaban J connectivity index is 0.000000612. The quantitative estimate of drug-likeness (QED) is 0.855. The molecule has 0 saturated carbocycles. The van der Waals surface area contributed by atoms with E-state index in [4.69, 9.17) is 14.3 Å². The van der Waals surface area contributed by atoms with E-state index < -0.39 is 5.97 Å². The van der Waals surface area contributed by atoms with Gasteiger partial charge in [-0.15, -0.1) is 0 Å². The van der Waals surface area contributed by atoms with Gasteiger partial charge in [-0.25, -0.2) is 9.18 Å². The maximum atomic E-state index is 12.9. The number of ether oxygens (including phenoxy) is 1. The third kappa shape index (κ3) is 3.40. The highest BCUT2D eigenvalue weighted by molar-refractivity contribution is 5.96. The van der Waals surface area contributed by atoms with Gasteiger partial charge < -0.3 is 9.72 Å². The molecule has 20 heavy (non-hydrogen) atoms. The molecule has 0 spiro atoms. The second-order valence-corrected chi connectivity index (χ2v) is 3.80. The van der Waals surface area contributed by atoms with Crippen LogP contribution in [0.4, 0.5) is 4.39 Å². The van der Waals surface area contributed by atoms with Gasteiger partial charge in [-0.1, -0.05) is 12.1 Å². The number of halogens is 1. The predicted octanol–water partition coefficient (Wildman–Crippen LogP) is 2.33. The van der Waals surface area contributed by atoms with E-state index in [0.717, 1.165) is 16.7 Å². The van der Waals surface area contributed by atoms with Crippen molar-refractivity contribution < 1.29 is 23.5 Å². The van der Waals surface area contributed by atoms with Crippen molar-refractivity contribution in [3.05, 3.63) is 47.5 Å². The van der Waals surface area contributed by atoms with Crippen LogP contribution in [0.15, 0.2) is 30.5 Å². The summed E-state index contributed by atoms with van der Waals surface area (Å²) in [5, 5.41) is 0. The fourth-order valence-electron chi connectivity index (χ4n) is 1.77. The summed E-state index contributed by atoms with van der Waals surface area (Å²) in [7, 11) is 1.33. The van der Waals surface area contributed by atoms with Crippen molar-refractivity contribution in [3.63, 3.8) is 0 Å². The lowest BCUT2D eigenvalue weighted by Crippen LogP contribution is -2.03. The van der Waals surface area contributed by atoms with Crippen LogP contribution in [-0.2, 0) is 14.3 Å². The molecule has 0 amide bonds. The van der Waals surface area contributed by atoms with E-state index >= 15 is 0 Å². The molecule has 1 heterocycles. The zero-order valence-corrected chi connectivity index (χ0v) is 10.9. The zero-order valence-electron chi connectivity index (χ0n) is 10.9. The number of methoxy groups -OCH3 is 1. The van der Waals surface area contributed by atoms with Gasteiger partial charge in [0.15, 0.2) is 0 Å². The molecule has 0 fully saturated rings. The van der Waals surface area contributed by atoms with Gasteiger partial charge in [0.05, 0.1) is 7.11 Å². The highest BCUT2D eigenvalue weighted by atomic mass is 19.1. The van der Waals surface area contributed by atoms with Gasteiger partial charge in [0.2, 0.25) is 0 Å². The summed E-state index contributed by atoms with van der Waals surface area (Å²) in [5.41, 5.74) is 2.83. The van der Waals surface area contributed by atoms with E-state index in [1.807, 2.05) is 6.92 Å². The van der Waals surface area contributed by atoms with Gasteiger partial charge in [-0.05, 0) is 30.2 Å². The Morgan fingerprint density at radius 3 is 2.30 bits per heavy atom. The van der Waals surface area contributed by atoms with Crippen LogP contribution in [0.1, 0.15) is 16.1 Å². The molecule has 6 heteroatoms. The summed E-state index contributed by atoms with van der Waals surface area (Å²) >= 11 is 0. The number of carbonyl (C=O) groups excluding carboxylic acids is 3. The fourth-order valence-corrected chi connectivity index (χ4v) is 1.77. The molecule has 0 aliphatic carbocycles. The first-order valence-electron chi connectivity index (χ1n) is 5.56. The summed E-state index contributed by atoms with van der Waals surface area (Å²) in [4.78, 5) is 30.7. The molecular formula is C14H12FNO4. The molecule has 0 aliphatic heterocycles. The standard InChI is InChI=1S/C13H12FNO2.CO2/c1-8-7-15-12(13(16)17-2)11(8)9-3-5-10(14)6-4-9;2-1-3/h3-7,15H,1-2H3;. The van der Waals surface area contributed by atoms with E-state index in [0.29, 0.717) is 5.69 Å². The van der Waals surface area contributed by atoms with E-state index in [1.165, 1.54) is 19.2 Å². The average Bonchev–Trinajstić information content (AvgIpc) is 2.82. The predicted molar refractivity (Wildman–Crippen MR) is 67.3 cm³/mol. The smallest absolute Gasteiger partial charge is 0.373 e. The molecule has 0 aliphatic rings. The van der Waals surface area contributed by atoms with Crippen LogP contribution in [0, 0.1) is 12.7 Å². The lowest BCUT2D eigenvalue weighted by Gasteiger charge is -2.04. The number of hydrogen-bond donors (Lipinski definition) is 1. The number of H-pyrrole nitrogens is 1. The SMILES string of the molecule is COC(=O)c1[nH]cc(C)c1-c1ccc(F)cc1.O=C=O. The number of aromatic amines is 1. The molecular weight excluding hydrogens is 265 g/mol. The van der Waals surface area contributed by atoms with Crippen LogP contribution < -0.4 is 0 Å². The van der Waals surface area contributed by atoms with Crippen LogP contribution in [-0.4, -0.2) is 24.2 Å². The van der Waals surface area contributed by atoms with Gasteiger partial charge in [-0.2, -0.15) is 9.59 Å². The second-order valence-electron chi connectivity index (χ2n) is 3.80. The summed E-state index contributed by atoms with van der Waals surface area (Å²) in [6.07, 6.45) is 1.98. The zero-order chi connectivity index (χ0) is 15.1. The molecule has 0 atom stereocenters. The second kappa shape index (κ2) is 7.01. The molecule has 2 aromatic rings. The maximum Gasteiger partial charge on any atom is 0.373 e. The van der Waals surface area contributed by atoms with Crippen LogP contribution in [0.5, 0.6) is 0 Å². The van der Waals surface area contributed by atoms with Crippen molar-refractivity contribution in [2.24, 2.45) is 0 Å². The van der Waals surface area contributed by atoms with Crippen LogP contribution in [0.3, 0.4) is 0 Å². The van der Waals surface area contributed by atoms with Crippen molar-refractivity contribution in [2.75, 3.05) is 7.11 Å². The molecule has 0 unspecified atom stereocenters. The minimum absolute atomic E-state index is 0.250. The summed E-state index contributed by atoms with van der Waals surface area (Å²) in [6, 6.07) is 6.00. The number of hydrogen-bond acceptors (Lipinski definition) is 4. The van der Waals surface area contributed by atoms with E-state index in [9.17, 15) is 9.18 Å². The van der Waals surface area contributed by atoms with Crippen molar-refractivity contribution in [1.29, 1.82) is 0 Å². The number of rotatable bonds is 2. The molecule has 1 N–H and O–H groups in total. The van der Waals surface area contributed by atoms with Crippen LogP contribution in [0.25, 0.3) is 11.1 Å². The fraction of sp³-hybridized carbons (Fsp3) is 0.143. The van der Waals surface area contributed by atoms with Crippen molar-refractivity contribution in [3.8, 4) is 11.1 Å². The Kier molecular flexibility index (Phi) is 5.38. The molecule has 1 aromatic carbocycles. The summed E-state index contributed by atoms with van der Waals surface area (Å²) in [6.45, 7) is 1.88. The number of aryl methyl sites for hydroxylation is 1.